The average molecular weight is 132 g/mol. The third kappa shape index (κ3) is 0.841. The molecular weight excluding hydrogens is 120 g/mol. The van der Waals surface area contributed by atoms with Crippen LogP contribution in [0.4, 0.5) is 0 Å². The van der Waals surface area contributed by atoms with Crippen molar-refractivity contribution in [2.24, 2.45) is 5.41 Å². The summed E-state index contributed by atoms with van der Waals surface area (Å²) >= 11 is 0. The molecule has 0 fully saturated rings. The minimum absolute atomic E-state index is 0.332. The second-order valence-corrected chi connectivity index (χ2v) is 3.13. The van der Waals surface area contributed by atoms with Crippen LogP contribution >= 0.6 is 0 Å². The quantitative estimate of drug-likeness (QED) is 0.444. The van der Waals surface area contributed by atoms with E-state index < -0.39 is 0 Å². The molecule has 10 heavy (non-hydrogen) atoms. The van der Waals surface area contributed by atoms with E-state index in [1.807, 2.05) is 0 Å². The number of hydrogen-bond acceptors (Lipinski definition) is 0. The van der Waals surface area contributed by atoms with Gasteiger partial charge in [-0.3, -0.25) is 0 Å². The third-order valence-electron chi connectivity index (χ3n) is 2.33. The molecule has 0 aromatic rings. The Bertz CT molecular complexity index is 194. The van der Waals surface area contributed by atoms with E-state index in [-0.39, 0.29) is 0 Å². The molecule has 2 rings (SSSR count). The zero-order chi connectivity index (χ0) is 6.86. The maximum atomic E-state index is 2.33. The highest BCUT2D eigenvalue weighted by molar-refractivity contribution is 5.31. The predicted octanol–water partition coefficient (Wildman–Crippen LogP) is 2.84. The van der Waals surface area contributed by atoms with Gasteiger partial charge in [-0.25, -0.2) is 0 Å². The van der Waals surface area contributed by atoms with Crippen molar-refractivity contribution < 1.29 is 0 Å². The van der Waals surface area contributed by atoms with Gasteiger partial charge in [-0.1, -0.05) is 36.5 Å². The zero-order valence-corrected chi connectivity index (χ0v) is 6.09. The van der Waals surface area contributed by atoms with Gasteiger partial charge in [0.2, 0.25) is 0 Å². The molecule has 0 radical (unpaired) electrons. The van der Waals surface area contributed by atoms with E-state index in [2.05, 4.69) is 36.5 Å². The van der Waals surface area contributed by atoms with E-state index in [1.165, 1.54) is 19.3 Å². The van der Waals surface area contributed by atoms with Gasteiger partial charge >= 0.3 is 0 Å². The molecule has 0 saturated carbocycles. The summed E-state index contributed by atoms with van der Waals surface area (Å²) in [4.78, 5) is 0. The first-order valence-electron chi connectivity index (χ1n) is 3.96. The molecule has 0 heterocycles. The lowest BCUT2D eigenvalue weighted by molar-refractivity contribution is 0.520. The first-order valence-corrected chi connectivity index (χ1v) is 3.96. The summed E-state index contributed by atoms with van der Waals surface area (Å²) in [6, 6.07) is 0. The smallest absolute Gasteiger partial charge is 0.0248 e. The zero-order valence-electron chi connectivity index (χ0n) is 6.09. The lowest BCUT2D eigenvalue weighted by atomic mass is 9.81. The van der Waals surface area contributed by atoms with Crippen molar-refractivity contribution in [2.75, 3.05) is 0 Å². The van der Waals surface area contributed by atoms with E-state index in [0.29, 0.717) is 5.41 Å². The minimum Gasteiger partial charge on any atom is -0.0874 e. The lowest BCUT2D eigenvalue weighted by Gasteiger charge is -2.23. The van der Waals surface area contributed by atoms with Gasteiger partial charge in [0.1, 0.15) is 0 Å². The monoisotopic (exact) mass is 132 g/mol. The molecular formula is C10H12. The molecule has 0 aliphatic heterocycles. The van der Waals surface area contributed by atoms with E-state index in [4.69, 9.17) is 0 Å². The fourth-order valence-electron chi connectivity index (χ4n) is 1.71. The molecule has 2 aliphatic carbocycles. The van der Waals surface area contributed by atoms with Crippen molar-refractivity contribution in [2.45, 2.75) is 19.3 Å². The van der Waals surface area contributed by atoms with Gasteiger partial charge in [0.05, 0.1) is 0 Å². The van der Waals surface area contributed by atoms with Crippen LogP contribution in [0, 0.1) is 5.41 Å². The van der Waals surface area contributed by atoms with Crippen LogP contribution in [0.2, 0.25) is 0 Å². The Labute approximate surface area is 61.9 Å². The number of hydrogen-bond donors (Lipinski definition) is 0. The topological polar surface area (TPSA) is 0 Å². The molecule has 0 atom stereocenters. The van der Waals surface area contributed by atoms with Crippen molar-refractivity contribution in [3.8, 4) is 0 Å². The van der Waals surface area contributed by atoms with E-state index in [0.717, 1.165) is 0 Å². The summed E-state index contributed by atoms with van der Waals surface area (Å²) < 4.78 is 0. The third-order valence-corrected chi connectivity index (χ3v) is 2.33. The molecule has 0 bridgehead atoms. The first-order chi connectivity index (χ1) is 4.91. The molecule has 0 aromatic carbocycles. The minimum atomic E-state index is 0.332. The van der Waals surface area contributed by atoms with Crippen LogP contribution in [0.15, 0.2) is 36.5 Å². The highest BCUT2D eigenvalue weighted by atomic mass is 14.3. The standard InChI is InChI=1S/C10H12/c1-2-6-10(7-3-1)8-4-5-9-10/h2,4-6,8-9H,1,3,7H2. The number of rotatable bonds is 0. The second kappa shape index (κ2) is 2.12. The largest absolute Gasteiger partial charge is 0.0874 e. The molecule has 0 saturated heterocycles. The van der Waals surface area contributed by atoms with Gasteiger partial charge < -0.3 is 0 Å². The van der Waals surface area contributed by atoms with Crippen molar-refractivity contribution in [3.05, 3.63) is 36.5 Å². The van der Waals surface area contributed by atoms with Crippen LogP contribution in [0.5, 0.6) is 0 Å². The maximum Gasteiger partial charge on any atom is 0.0248 e. The Morgan fingerprint density at radius 2 is 1.80 bits per heavy atom. The van der Waals surface area contributed by atoms with E-state index >= 15 is 0 Å². The van der Waals surface area contributed by atoms with E-state index in [9.17, 15) is 0 Å². The van der Waals surface area contributed by atoms with Crippen molar-refractivity contribution in [3.63, 3.8) is 0 Å². The SMILES string of the molecule is C1=CC2(C=C1)C=CCCC2. The Morgan fingerprint density at radius 1 is 1.00 bits per heavy atom. The van der Waals surface area contributed by atoms with Crippen molar-refractivity contribution in [1.29, 1.82) is 0 Å². The van der Waals surface area contributed by atoms with Gasteiger partial charge in [0.25, 0.3) is 0 Å². The Balaban J connectivity index is 2.28. The summed E-state index contributed by atoms with van der Waals surface area (Å²) in [5.41, 5.74) is 0.332. The summed E-state index contributed by atoms with van der Waals surface area (Å²) in [5.74, 6) is 0. The van der Waals surface area contributed by atoms with Gasteiger partial charge in [-0.05, 0) is 19.3 Å². The Morgan fingerprint density at radius 3 is 2.40 bits per heavy atom. The summed E-state index contributed by atoms with van der Waals surface area (Å²) in [6.45, 7) is 0. The van der Waals surface area contributed by atoms with Gasteiger partial charge in [-0.2, -0.15) is 0 Å². The normalized spacial score (nSPS) is 26.4. The van der Waals surface area contributed by atoms with Crippen LogP contribution in [0.25, 0.3) is 0 Å². The van der Waals surface area contributed by atoms with Gasteiger partial charge in [0.15, 0.2) is 0 Å². The van der Waals surface area contributed by atoms with Gasteiger partial charge in [-0.15, -0.1) is 0 Å². The molecule has 0 N–H and O–H groups in total. The molecule has 0 unspecified atom stereocenters. The van der Waals surface area contributed by atoms with Crippen LogP contribution in [0.1, 0.15) is 19.3 Å². The first kappa shape index (κ1) is 5.96. The second-order valence-electron chi connectivity index (χ2n) is 3.13. The maximum absolute atomic E-state index is 2.33. The Kier molecular flexibility index (Phi) is 1.26. The lowest BCUT2D eigenvalue weighted by Crippen LogP contribution is -2.11. The summed E-state index contributed by atoms with van der Waals surface area (Å²) in [6.07, 6.45) is 17.4. The van der Waals surface area contributed by atoms with Crippen molar-refractivity contribution in [1.82, 2.24) is 0 Å². The fourth-order valence-corrected chi connectivity index (χ4v) is 1.71. The highest BCUT2D eigenvalue weighted by Crippen LogP contribution is 2.36. The molecule has 2 aliphatic rings. The average Bonchev–Trinajstić information content (AvgIpc) is 2.39. The molecule has 1 spiro atoms. The van der Waals surface area contributed by atoms with Gasteiger partial charge in [0, 0.05) is 5.41 Å². The summed E-state index contributed by atoms with van der Waals surface area (Å²) in [5, 5.41) is 0. The molecule has 0 heteroatoms. The van der Waals surface area contributed by atoms with Crippen LogP contribution in [-0.4, -0.2) is 0 Å². The van der Waals surface area contributed by atoms with E-state index in [1.54, 1.807) is 0 Å². The van der Waals surface area contributed by atoms with Crippen LogP contribution in [0.3, 0.4) is 0 Å². The summed E-state index contributed by atoms with van der Waals surface area (Å²) in [7, 11) is 0. The molecule has 0 nitrogen and oxygen atoms in total. The highest BCUT2D eigenvalue weighted by Gasteiger charge is 2.23. The Hall–Kier alpha value is -0.780. The predicted molar refractivity (Wildman–Crippen MR) is 43.7 cm³/mol. The fraction of sp³-hybridized carbons (Fsp3) is 0.400. The molecule has 0 amide bonds. The van der Waals surface area contributed by atoms with Crippen LogP contribution in [-0.2, 0) is 0 Å². The molecule has 0 aromatic heterocycles. The van der Waals surface area contributed by atoms with Crippen molar-refractivity contribution >= 4 is 0 Å². The molecule has 52 valence electrons. The number of allylic oxidation sites excluding steroid dienone is 6. The van der Waals surface area contributed by atoms with Crippen LogP contribution < -0.4 is 0 Å².